The zero-order valence-corrected chi connectivity index (χ0v) is 57.7. The summed E-state index contributed by atoms with van der Waals surface area (Å²) in [7, 11) is 9.94. The highest BCUT2D eigenvalue weighted by molar-refractivity contribution is 6.01. The molecule has 10 unspecified atom stereocenters. The summed E-state index contributed by atoms with van der Waals surface area (Å²) in [6.07, 6.45) is 1.24. The molecule has 5 aromatic carbocycles. The van der Waals surface area contributed by atoms with Crippen LogP contribution in [-0.2, 0) is 47.8 Å². The van der Waals surface area contributed by atoms with Crippen molar-refractivity contribution in [1.82, 2.24) is 36.8 Å². The van der Waals surface area contributed by atoms with Crippen molar-refractivity contribution >= 4 is 47.1 Å². The maximum absolute atomic E-state index is 15.7. The maximum atomic E-state index is 15.7. The van der Waals surface area contributed by atoms with Crippen LogP contribution in [-0.4, -0.2) is 181 Å². The summed E-state index contributed by atoms with van der Waals surface area (Å²) in [5.41, 5.74) is 6.46. The number of phenolic OH excluding ortho intramolecular Hbond substituents is 3. The van der Waals surface area contributed by atoms with Gasteiger partial charge >= 0.3 is 0 Å². The van der Waals surface area contributed by atoms with Crippen LogP contribution in [0.5, 0.6) is 46.0 Å². The van der Waals surface area contributed by atoms with E-state index < -0.39 is 125 Å². The number of ketones is 1. The van der Waals surface area contributed by atoms with Crippen LogP contribution in [0.2, 0.25) is 0 Å². The number of methoxy groups -OCH3 is 2. The Morgan fingerprint density at radius 2 is 1.26 bits per heavy atom. The fourth-order valence-electron chi connectivity index (χ4n) is 11.5. The molecule has 6 aliphatic rings. The first-order valence-electron chi connectivity index (χ1n) is 31.7. The first-order chi connectivity index (χ1) is 46.5. The van der Waals surface area contributed by atoms with Crippen LogP contribution < -0.4 is 51.8 Å². The number of nitrogens with zero attached hydrogens (tertiary/aromatic N) is 1. The second-order valence-corrected chi connectivity index (χ2v) is 24.5. The van der Waals surface area contributed by atoms with Crippen molar-refractivity contribution in [3.63, 3.8) is 0 Å². The molecule has 5 aromatic rings. The Bertz CT molecular complexity index is 3670. The lowest BCUT2D eigenvalue weighted by Crippen LogP contribution is -2.59. The van der Waals surface area contributed by atoms with Gasteiger partial charge in [0.15, 0.2) is 17.3 Å². The van der Waals surface area contributed by atoms with E-state index in [2.05, 4.69) is 36.6 Å². The molecule has 0 aromatic heterocycles. The number of benzene rings is 5. The quantitative estimate of drug-likeness (QED) is 0.0928. The molecule has 11 bridgehead atoms. The van der Waals surface area contributed by atoms with Crippen molar-refractivity contribution in [2.75, 3.05) is 62.9 Å². The van der Waals surface area contributed by atoms with Gasteiger partial charge in [0, 0.05) is 57.7 Å². The average molecular weight is 1370 g/mol. The van der Waals surface area contributed by atoms with Gasteiger partial charge in [-0.25, -0.2) is 0 Å². The smallest absolute Gasteiger partial charge is 0.248 e. The number of hydrogen-bond donors (Lipinski definition) is 14. The minimum Gasteiger partial charge on any atom is -0.508 e. The van der Waals surface area contributed by atoms with E-state index in [-0.39, 0.29) is 86.3 Å². The van der Waals surface area contributed by atoms with Crippen LogP contribution in [0, 0.1) is 26.7 Å². The van der Waals surface area contributed by atoms with Gasteiger partial charge < -0.3 is 97.1 Å². The summed E-state index contributed by atoms with van der Waals surface area (Å²) in [4.78, 5) is 118. The molecule has 10 atom stereocenters. The zero-order chi connectivity index (χ0) is 73.2. The number of ether oxygens (including phenoxy) is 5. The van der Waals surface area contributed by atoms with Gasteiger partial charge in [-0.1, -0.05) is 45.0 Å². The molecule has 11 rings (SSSR count). The van der Waals surface area contributed by atoms with Crippen molar-refractivity contribution in [3.05, 3.63) is 117 Å². The Morgan fingerprint density at radius 1 is 0.694 bits per heavy atom. The first-order valence-corrected chi connectivity index (χ1v) is 31.7. The third-order valence-electron chi connectivity index (χ3n) is 16.7. The molecule has 0 spiro atoms. The molecule has 1 fully saturated rings. The number of rotatable bonds is 10. The molecular weight excluding hydrogens is 1270 g/mol. The summed E-state index contributed by atoms with van der Waals surface area (Å²) >= 11 is 0. The molecule has 28 heteroatoms. The minimum absolute atomic E-state index is 0.0183. The molecule has 28 nitrogen and oxygen atoms in total. The van der Waals surface area contributed by atoms with E-state index in [0.29, 0.717) is 23.1 Å². The summed E-state index contributed by atoms with van der Waals surface area (Å²) < 4.78 is 28.6. The van der Waals surface area contributed by atoms with Gasteiger partial charge in [0.05, 0.1) is 32.3 Å². The molecule has 0 radical (unpaired) electrons. The van der Waals surface area contributed by atoms with Crippen LogP contribution in [0.1, 0.15) is 134 Å². The van der Waals surface area contributed by atoms with E-state index in [1.807, 2.05) is 13.8 Å². The summed E-state index contributed by atoms with van der Waals surface area (Å²) in [5, 5.41) is 85.0. The molecular formula is C70H94N8O20. The maximum Gasteiger partial charge on any atom is 0.248 e. The van der Waals surface area contributed by atoms with Crippen LogP contribution in [0.25, 0.3) is 11.1 Å². The minimum atomic E-state index is -1.97. The number of Topliss-reactive ketones (excluding diaryl/α,β-unsaturated/α-hetero) is 1. The van der Waals surface area contributed by atoms with E-state index in [4.69, 9.17) is 40.0 Å². The summed E-state index contributed by atoms with van der Waals surface area (Å²) in [5.74, 6) is -10.1. The number of nitrogens with two attached hydrogens (primary N) is 1. The third kappa shape index (κ3) is 19.2. The number of likely N-dealkylation sites (N-methyl/N-ethyl adjacent to an activating group) is 1. The number of carbonyl (C=O) groups is 8. The van der Waals surface area contributed by atoms with Gasteiger partial charge in [-0.15, -0.1) is 0 Å². The number of aryl methyl sites for hydroxylation is 2. The van der Waals surface area contributed by atoms with Crippen molar-refractivity contribution in [1.29, 1.82) is 0 Å². The Labute approximate surface area is 569 Å². The van der Waals surface area contributed by atoms with Crippen LogP contribution in [0.4, 0.5) is 0 Å². The fourth-order valence-corrected chi connectivity index (χ4v) is 11.5. The van der Waals surface area contributed by atoms with E-state index in [0.717, 1.165) is 33.7 Å². The lowest BCUT2D eigenvalue weighted by atomic mass is 9.86. The standard InChI is InChI=1S/C60H68N8O15.C6H12O2.C2H6O.2CH4O/c1-25(2)17-38(68(8)9)56(76)67-51-53(74)33-13-16-42(27(4)19-33)83-44-22-34-21-43(54(44)81-10)82-41-15-12-31(18-26(41)3)28(5)47-57(77)64-48(30(7)69)36-23-40(71)29(6)52(73)46(36)35-20-32(11-14-39(35)70)49(58(78)63-47)66-59(79)50(34)65-55(75)37(24-45(61)72)62-60(51)80;7-5-6-3-1-2-4-8-6;1-3-2;2*1-2/h11-16,18-23,25,28,37-38,47-51,53,70-71,73-74H,17,24H2,1-10H3,(H2,61,72)(H,62,80)(H,63,78)(H,64,77)(H,65,75)(H,66,79)(H,67,76);6-7H,1-5H2;1-2H3;2*2H,1H3. The van der Waals surface area contributed by atoms with Crippen LogP contribution in [0.15, 0.2) is 72.8 Å². The predicted molar refractivity (Wildman–Crippen MR) is 360 cm³/mol. The average Bonchev–Trinajstić information content (AvgIpc) is 0.763. The number of aliphatic hydroxyl groups excluding tert-OH is 4. The Kier molecular flexibility index (Phi) is 29.3. The number of carbonyl (C=O) groups excluding carboxylic acids is 8. The predicted octanol–water partition coefficient (Wildman–Crippen LogP) is 4.26. The second kappa shape index (κ2) is 36.2. The fraction of sp³-hybridized carbons (Fsp3) is 0.457. The number of phenols is 3. The second-order valence-electron chi connectivity index (χ2n) is 24.5. The number of amides is 7. The lowest BCUT2D eigenvalue weighted by Gasteiger charge is -2.32. The Hall–Kier alpha value is -9.42. The number of aromatic hydroxyl groups is 3. The highest BCUT2D eigenvalue weighted by atomic mass is 16.5. The molecule has 15 N–H and O–H groups in total. The number of hydrogen-bond acceptors (Lipinski definition) is 21. The van der Waals surface area contributed by atoms with E-state index >= 15 is 14.4 Å². The number of aliphatic hydroxyl groups is 4. The topological polar surface area (TPSA) is 426 Å². The van der Waals surface area contributed by atoms with Crippen LogP contribution >= 0.6 is 0 Å². The Balaban J connectivity index is 0.00000104. The first kappa shape index (κ1) is 79.3. The van der Waals surface area contributed by atoms with Crippen molar-refractivity contribution in [2.45, 2.75) is 141 Å². The molecule has 6 aliphatic heterocycles. The Morgan fingerprint density at radius 3 is 1.78 bits per heavy atom. The van der Waals surface area contributed by atoms with E-state index in [1.165, 1.54) is 82.0 Å². The third-order valence-corrected chi connectivity index (χ3v) is 16.7. The van der Waals surface area contributed by atoms with Gasteiger partial charge in [-0.3, -0.25) is 43.3 Å². The van der Waals surface area contributed by atoms with Crippen LogP contribution in [0.3, 0.4) is 0 Å². The normalized spacial score (nSPS) is 21.5. The van der Waals surface area contributed by atoms with Gasteiger partial charge in [0.2, 0.25) is 47.1 Å². The van der Waals surface area contributed by atoms with E-state index in [9.17, 15) is 44.4 Å². The number of primary amides is 1. The number of nitrogens with one attached hydrogen (secondary N) is 6. The number of fused-ring (bicyclic) bond motifs is 15. The highest BCUT2D eigenvalue weighted by Gasteiger charge is 2.41. The molecule has 0 aliphatic carbocycles. The highest BCUT2D eigenvalue weighted by Crippen LogP contribution is 2.48. The molecule has 534 valence electrons. The lowest BCUT2D eigenvalue weighted by molar-refractivity contribution is -0.138. The van der Waals surface area contributed by atoms with Gasteiger partial charge in [0.1, 0.15) is 71.1 Å². The van der Waals surface area contributed by atoms with Crippen molar-refractivity contribution in [3.8, 4) is 57.1 Å². The molecule has 1 saturated heterocycles. The molecule has 0 saturated carbocycles. The molecule has 98 heavy (non-hydrogen) atoms. The largest absolute Gasteiger partial charge is 0.508 e. The monoisotopic (exact) mass is 1370 g/mol. The zero-order valence-electron chi connectivity index (χ0n) is 57.7. The van der Waals surface area contributed by atoms with Gasteiger partial charge in [0.25, 0.3) is 0 Å². The van der Waals surface area contributed by atoms with Gasteiger partial charge in [-0.2, -0.15) is 0 Å². The summed E-state index contributed by atoms with van der Waals surface area (Å²) in [6.45, 7) is 12.4. The van der Waals surface area contributed by atoms with Crippen molar-refractivity contribution < 1.29 is 97.8 Å². The summed E-state index contributed by atoms with van der Waals surface area (Å²) in [6, 6.07) is 5.55. The molecule has 6 heterocycles. The van der Waals surface area contributed by atoms with Crippen molar-refractivity contribution in [2.24, 2.45) is 11.7 Å². The SMILES string of the molecule is CO.CO.COC.COc1c2cc3cc1Oc1ccc(cc1C)C(O)C(NC(=O)C(CC(C)C)N(C)C)C(=O)NC(CC(N)=O)C(=O)NC3C(=O)NC1C(=O)NC(C(=O)NC(C(C)=O)c3cc(O)c(C)c(O)c3-c3cc1ccc3O)C(C)c1ccc(c(C)c1)O2.OCC1CCCCO1. The molecule has 7 amide bonds. The van der Waals surface area contributed by atoms with Gasteiger partial charge in [-0.05, 0) is 161 Å². The van der Waals surface area contributed by atoms with E-state index in [1.54, 1.807) is 72.2 Å².